The van der Waals surface area contributed by atoms with Crippen LogP contribution in [0, 0.1) is 15.9 Å². The first-order valence-corrected chi connectivity index (χ1v) is 8.66. The number of aliphatic hydroxyl groups is 1. The summed E-state index contributed by atoms with van der Waals surface area (Å²) in [6, 6.07) is 11.0. The van der Waals surface area contributed by atoms with Gasteiger partial charge in [-0.25, -0.2) is 9.37 Å². The predicted octanol–water partition coefficient (Wildman–Crippen LogP) is 4.11. The van der Waals surface area contributed by atoms with E-state index in [1.54, 1.807) is 53.6 Å². The minimum atomic E-state index is -1.50. The Balaban J connectivity index is 0.000000640. The lowest BCUT2D eigenvalue weighted by molar-refractivity contribution is -0.742. The van der Waals surface area contributed by atoms with Gasteiger partial charge in [0, 0.05) is 28.9 Å². The van der Waals surface area contributed by atoms with Crippen molar-refractivity contribution in [1.82, 2.24) is 9.55 Å². The number of nitrogens with zero attached hydrogens (tertiary/aromatic N) is 3. The fraction of sp³-hybridized carbons (Fsp3) is 0.167. The summed E-state index contributed by atoms with van der Waals surface area (Å²) in [6.07, 6.45) is 5.28. The first kappa shape index (κ1) is 21.6. The number of hydrogen-bond acceptors (Lipinski definition) is 4. The Morgan fingerprint density at radius 2 is 1.86 bits per heavy atom. The molecule has 1 aromatic heterocycles. The smallest absolute Gasteiger partial charge is 0.291 e. The number of rotatable bonds is 5. The van der Waals surface area contributed by atoms with Gasteiger partial charge < -0.3 is 14.9 Å². The van der Waals surface area contributed by atoms with Crippen molar-refractivity contribution in [3.8, 4) is 0 Å². The number of imidazole rings is 1. The zero-order valence-electron chi connectivity index (χ0n) is 14.4. The number of benzene rings is 2. The van der Waals surface area contributed by atoms with Crippen LogP contribution < -0.4 is 0 Å². The second-order valence-electron chi connectivity index (χ2n) is 5.92. The van der Waals surface area contributed by atoms with E-state index < -0.39 is 10.7 Å². The Bertz CT molecular complexity index is 919. The van der Waals surface area contributed by atoms with E-state index in [0.29, 0.717) is 15.6 Å². The van der Waals surface area contributed by atoms with Gasteiger partial charge in [-0.2, -0.15) is 0 Å². The van der Waals surface area contributed by atoms with Crippen LogP contribution in [0.15, 0.2) is 61.2 Å². The quantitative estimate of drug-likeness (QED) is 0.471. The van der Waals surface area contributed by atoms with Gasteiger partial charge in [-0.1, -0.05) is 41.4 Å². The van der Waals surface area contributed by atoms with Crippen LogP contribution >= 0.6 is 23.2 Å². The zero-order chi connectivity index (χ0) is 20.7. The molecule has 0 saturated carbocycles. The summed E-state index contributed by atoms with van der Waals surface area (Å²) < 4.78 is 15.0. The van der Waals surface area contributed by atoms with Crippen LogP contribution in [0.3, 0.4) is 0 Å². The Hall–Kier alpha value is -2.68. The van der Waals surface area contributed by atoms with Crippen molar-refractivity contribution in [2.45, 2.75) is 18.6 Å². The first-order valence-electron chi connectivity index (χ1n) is 7.91. The molecule has 0 spiro atoms. The van der Waals surface area contributed by atoms with Gasteiger partial charge in [-0.3, -0.25) is 0 Å². The third-order valence-electron chi connectivity index (χ3n) is 3.88. The molecule has 0 radical (unpaired) electrons. The molecule has 7 nitrogen and oxygen atoms in total. The normalized spacial score (nSPS) is 12.6. The van der Waals surface area contributed by atoms with Crippen LogP contribution in [0.4, 0.5) is 4.39 Å². The molecule has 1 atom stereocenters. The molecule has 0 aliphatic carbocycles. The highest BCUT2D eigenvalue weighted by molar-refractivity contribution is 6.35. The number of aromatic nitrogens is 2. The van der Waals surface area contributed by atoms with Gasteiger partial charge in [0.2, 0.25) is 0 Å². The first-order chi connectivity index (χ1) is 13.2. The third kappa shape index (κ3) is 6.19. The third-order valence-corrected chi connectivity index (χ3v) is 4.47. The summed E-state index contributed by atoms with van der Waals surface area (Å²) in [5.41, 5.74) is 0.0860. The van der Waals surface area contributed by atoms with E-state index in [2.05, 4.69) is 4.98 Å². The SMILES string of the molecule is O=[N+]([O-])O.OC(Cc1ccc(Cl)cc1Cl)(Cn1ccnc1)c1ccc(F)cc1. The minimum Gasteiger partial charge on any atom is -0.383 e. The molecule has 3 rings (SSSR count). The van der Waals surface area contributed by atoms with Crippen LogP contribution in [0.2, 0.25) is 10.0 Å². The fourth-order valence-corrected chi connectivity index (χ4v) is 3.15. The van der Waals surface area contributed by atoms with E-state index in [1.165, 1.54) is 12.1 Å². The van der Waals surface area contributed by atoms with E-state index in [9.17, 15) is 9.50 Å². The van der Waals surface area contributed by atoms with Crippen LogP contribution in [0.5, 0.6) is 0 Å². The van der Waals surface area contributed by atoms with Crippen molar-refractivity contribution in [2.75, 3.05) is 0 Å². The average molecular weight is 428 g/mol. The number of hydrogen-bond donors (Lipinski definition) is 2. The van der Waals surface area contributed by atoms with E-state index in [4.69, 9.17) is 38.5 Å². The molecule has 10 heteroatoms. The average Bonchev–Trinajstić information content (AvgIpc) is 3.10. The molecule has 0 bridgehead atoms. The van der Waals surface area contributed by atoms with Gasteiger partial charge in [0.05, 0.1) is 12.9 Å². The van der Waals surface area contributed by atoms with Crippen molar-refractivity contribution in [1.29, 1.82) is 0 Å². The van der Waals surface area contributed by atoms with Gasteiger partial charge in [-0.05, 0) is 35.4 Å². The summed E-state index contributed by atoms with van der Waals surface area (Å²) in [7, 11) is 0. The summed E-state index contributed by atoms with van der Waals surface area (Å²) >= 11 is 12.2. The number of halogens is 3. The lowest BCUT2D eigenvalue weighted by Crippen LogP contribution is -2.33. The van der Waals surface area contributed by atoms with Gasteiger partial charge in [-0.15, -0.1) is 10.1 Å². The Labute approximate surface area is 169 Å². The van der Waals surface area contributed by atoms with Gasteiger partial charge in [0.15, 0.2) is 0 Å². The highest BCUT2D eigenvalue weighted by Crippen LogP contribution is 2.32. The lowest BCUT2D eigenvalue weighted by Gasteiger charge is -2.30. The molecule has 2 N–H and O–H groups in total. The Kier molecular flexibility index (Phi) is 7.33. The maximum atomic E-state index is 13.3. The molecular formula is C18H16Cl2FN3O4. The molecule has 0 fully saturated rings. The second-order valence-corrected chi connectivity index (χ2v) is 6.77. The van der Waals surface area contributed by atoms with E-state index in [0.717, 1.165) is 5.56 Å². The maximum Gasteiger partial charge on any atom is 0.291 e. The second kappa shape index (κ2) is 9.50. The highest BCUT2D eigenvalue weighted by atomic mass is 35.5. The van der Waals surface area contributed by atoms with Crippen molar-refractivity contribution >= 4 is 23.2 Å². The van der Waals surface area contributed by atoms with Crippen LogP contribution in [0.25, 0.3) is 0 Å². The molecule has 148 valence electrons. The highest BCUT2D eigenvalue weighted by Gasteiger charge is 2.31. The minimum absolute atomic E-state index is 0.257. The van der Waals surface area contributed by atoms with Gasteiger partial charge >= 0.3 is 0 Å². The topological polar surface area (TPSA) is 101 Å². The molecule has 0 aliphatic rings. The van der Waals surface area contributed by atoms with Crippen molar-refractivity contribution < 1.29 is 19.8 Å². The van der Waals surface area contributed by atoms with Crippen molar-refractivity contribution in [2.24, 2.45) is 0 Å². The monoisotopic (exact) mass is 427 g/mol. The summed E-state index contributed by atoms with van der Waals surface area (Å²) in [5, 5.41) is 26.0. The van der Waals surface area contributed by atoms with Crippen LogP contribution in [0.1, 0.15) is 11.1 Å². The fourth-order valence-electron chi connectivity index (χ4n) is 2.67. The zero-order valence-corrected chi connectivity index (χ0v) is 15.9. The molecule has 2 aromatic carbocycles. The Morgan fingerprint density at radius 1 is 1.21 bits per heavy atom. The van der Waals surface area contributed by atoms with E-state index in [1.807, 2.05) is 0 Å². The molecule has 1 heterocycles. The maximum absolute atomic E-state index is 13.3. The largest absolute Gasteiger partial charge is 0.383 e. The summed E-state index contributed by atoms with van der Waals surface area (Å²) in [5.74, 6) is -0.353. The molecule has 0 amide bonds. The van der Waals surface area contributed by atoms with Gasteiger partial charge in [0.25, 0.3) is 5.09 Å². The molecule has 0 saturated heterocycles. The lowest BCUT2D eigenvalue weighted by atomic mass is 9.87. The van der Waals surface area contributed by atoms with Crippen LogP contribution in [-0.2, 0) is 18.6 Å². The predicted molar refractivity (Wildman–Crippen MR) is 101 cm³/mol. The molecule has 28 heavy (non-hydrogen) atoms. The molecule has 0 aliphatic heterocycles. The van der Waals surface area contributed by atoms with E-state index >= 15 is 0 Å². The van der Waals surface area contributed by atoms with Crippen LogP contribution in [-0.4, -0.2) is 25.0 Å². The molecular weight excluding hydrogens is 412 g/mol. The molecule has 3 aromatic rings. The van der Waals surface area contributed by atoms with Crippen molar-refractivity contribution in [3.05, 3.63) is 98.3 Å². The van der Waals surface area contributed by atoms with E-state index in [-0.39, 0.29) is 18.8 Å². The van der Waals surface area contributed by atoms with Crippen molar-refractivity contribution in [3.63, 3.8) is 0 Å². The van der Waals surface area contributed by atoms with Gasteiger partial charge in [0.1, 0.15) is 11.4 Å². The summed E-state index contributed by atoms with van der Waals surface area (Å²) in [6.45, 7) is 0.261. The molecule has 1 unspecified atom stereocenters. The standard InChI is InChI=1S/C18H15Cl2FN2O.HNO3/c19-15-4-1-13(17(20)9-15)10-18(24,11-23-8-7-22-12-23)14-2-5-16(21)6-3-14;2-1(3)4/h1-9,12,24H,10-11H2;(H,2,3,4). The summed E-state index contributed by atoms with van der Waals surface area (Å²) in [4.78, 5) is 12.4. The Morgan fingerprint density at radius 3 is 2.39 bits per heavy atom.